The Bertz CT molecular complexity index is 225. The number of unbranched alkanes of at least 4 members (excludes halogenated alkanes) is 4. The third-order valence-corrected chi connectivity index (χ3v) is 3.94. The van der Waals surface area contributed by atoms with E-state index in [9.17, 15) is 10.4 Å². The molecule has 2 nitrogen and oxygen atoms in total. The fourth-order valence-electron chi connectivity index (χ4n) is 2.74. The van der Waals surface area contributed by atoms with Gasteiger partial charge >= 0.3 is 0 Å². The molecular weight excluding hydrogens is 198 g/mol. The molecule has 1 N–H and O–H groups in total. The Labute approximate surface area is 99.7 Å². The van der Waals surface area contributed by atoms with E-state index in [0.29, 0.717) is 0 Å². The highest BCUT2D eigenvalue weighted by Gasteiger charge is 2.40. The predicted molar refractivity (Wildman–Crippen MR) is 65.9 cm³/mol. The third-order valence-electron chi connectivity index (χ3n) is 3.94. The van der Waals surface area contributed by atoms with Gasteiger partial charge in [-0.3, -0.25) is 0 Å². The minimum absolute atomic E-state index is 0.387. The van der Waals surface area contributed by atoms with E-state index in [-0.39, 0.29) is 6.10 Å². The van der Waals surface area contributed by atoms with Gasteiger partial charge in [0.2, 0.25) is 0 Å². The topological polar surface area (TPSA) is 44.0 Å². The molecule has 0 aliphatic heterocycles. The van der Waals surface area contributed by atoms with Gasteiger partial charge in [0.25, 0.3) is 0 Å². The largest absolute Gasteiger partial charge is 0.391 e. The average Bonchev–Trinajstić information content (AvgIpc) is 2.78. The fourth-order valence-corrected chi connectivity index (χ4v) is 2.74. The van der Waals surface area contributed by atoms with Gasteiger partial charge in [-0.25, -0.2) is 0 Å². The molecule has 0 radical (unpaired) electrons. The lowest BCUT2D eigenvalue weighted by molar-refractivity contribution is 0.0576. The molecule has 1 rings (SSSR count). The van der Waals surface area contributed by atoms with Gasteiger partial charge in [0.1, 0.15) is 0 Å². The highest BCUT2D eigenvalue weighted by atomic mass is 16.3. The smallest absolute Gasteiger partial charge is 0.0832 e. The zero-order chi connectivity index (χ0) is 11.9. The van der Waals surface area contributed by atoms with Crippen molar-refractivity contribution < 1.29 is 5.11 Å². The van der Waals surface area contributed by atoms with Crippen molar-refractivity contribution in [3.63, 3.8) is 0 Å². The maximum absolute atomic E-state index is 10.1. The van der Waals surface area contributed by atoms with E-state index in [2.05, 4.69) is 13.0 Å². The summed E-state index contributed by atoms with van der Waals surface area (Å²) < 4.78 is 0. The van der Waals surface area contributed by atoms with Gasteiger partial charge < -0.3 is 5.11 Å². The van der Waals surface area contributed by atoms with Crippen molar-refractivity contribution in [2.24, 2.45) is 5.41 Å². The van der Waals surface area contributed by atoms with Crippen molar-refractivity contribution in [2.75, 3.05) is 0 Å². The Kier molecular flexibility index (Phi) is 5.84. The quantitative estimate of drug-likeness (QED) is 0.667. The first-order valence-corrected chi connectivity index (χ1v) is 6.84. The van der Waals surface area contributed by atoms with Gasteiger partial charge in [-0.05, 0) is 19.3 Å². The van der Waals surface area contributed by atoms with E-state index < -0.39 is 5.41 Å². The van der Waals surface area contributed by atoms with Crippen LogP contribution in [0.3, 0.4) is 0 Å². The molecule has 1 aliphatic carbocycles. The van der Waals surface area contributed by atoms with E-state index in [1.54, 1.807) is 0 Å². The first-order valence-electron chi connectivity index (χ1n) is 6.84. The molecule has 0 aromatic carbocycles. The molecule has 0 bridgehead atoms. The highest BCUT2D eigenvalue weighted by Crippen LogP contribution is 2.41. The first-order chi connectivity index (χ1) is 7.75. The number of hydrogen-bond donors (Lipinski definition) is 1. The summed E-state index contributed by atoms with van der Waals surface area (Å²) in [6.07, 6.45) is 10.5. The minimum atomic E-state index is -0.398. The van der Waals surface area contributed by atoms with Gasteiger partial charge in [-0.2, -0.15) is 5.26 Å². The Hall–Kier alpha value is -0.550. The van der Waals surface area contributed by atoms with Crippen LogP contribution in [0, 0.1) is 16.7 Å². The van der Waals surface area contributed by atoms with Crippen LogP contribution < -0.4 is 0 Å². The van der Waals surface area contributed by atoms with E-state index >= 15 is 0 Å². The lowest BCUT2D eigenvalue weighted by Gasteiger charge is -2.26. The number of rotatable bonds is 7. The molecule has 92 valence electrons. The lowest BCUT2D eigenvalue weighted by Crippen LogP contribution is -2.31. The summed E-state index contributed by atoms with van der Waals surface area (Å²) in [5, 5.41) is 19.4. The molecule has 1 atom stereocenters. The van der Waals surface area contributed by atoms with Crippen LogP contribution in [0.25, 0.3) is 0 Å². The molecule has 1 aliphatic rings. The number of hydrogen-bond acceptors (Lipinski definition) is 2. The molecule has 0 saturated heterocycles. The number of aliphatic hydroxyl groups excluding tert-OH is 1. The number of nitriles is 1. The molecule has 2 heteroatoms. The molecular formula is C14H25NO. The Morgan fingerprint density at radius 2 is 1.81 bits per heavy atom. The van der Waals surface area contributed by atoms with E-state index in [0.717, 1.165) is 38.5 Å². The van der Waals surface area contributed by atoms with Crippen LogP contribution in [0.15, 0.2) is 0 Å². The molecule has 1 saturated carbocycles. The van der Waals surface area contributed by atoms with Crippen LogP contribution in [-0.2, 0) is 0 Å². The second-order valence-corrected chi connectivity index (χ2v) is 5.19. The normalized spacial score (nSPS) is 20.6. The molecule has 0 aromatic heterocycles. The minimum Gasteiger partial charge on any atom is -0.391 e. The fraction of sp³-hybridized carbons (Fsp3) is 0.929. The van der Waals surface area contributed by atoms with Gasteiger partial charge in [0.05, 0.1) is 17.6 Å². The van der Waals surface area contributed by atoms with Gasteiger partial charge in [0, 0.05) is 0 Å². The molecule has 1 unspecified atom stereocenters. The van der Waals surface area contributed by atoms with Crippen molar-refractivity contribution in [1.82, 2.24) is 0 Å². The zero-order valence-electron chi connectivity index (χ0n) is 10.5. The third kappa shape index (κ3) is 3.49. The van der Waals surface area contributed by atoms with Crippen molar-refractivity contribution in [1.29, 1.82) is 5.26 Å². The van der Waals surface area contributed by atoms with E-state index in [1.165, 1.54) is 25.7 Å². The molecule has 0 heterocycles. The first kappa shape index (κ1) is 13.5. The number of nitrogens with zero attached hydrogens (tertiary/aromatic N) is 1. The molecule has 1 fully saturated rings. The second kappa shape index (κ2) is 6.91. The van der Waals surface area contributed by atoms with Crippen LogP contribution >= 0.6 is 0 Å². The maximum atomic E-state index is 10.1. The van der Waals surface area contributed by atoms with Crippen molar-refractivity contribution in [2.45, 2.75) is 77.2 Å². The van der Waals surface area contributed by atoms with Crippen LogP contribution in [0.5, 0.6) is 0 Å². The summed E-state index contributed by atoms with van der Waals surface area (Å²) >= 11 is 0. The summed E-state index contributed by atoms with van der Waals surface area (Å²) in [5.74, 6) is 0. The Morgan fingerprint density at radius 1 is 1.19 bits per heavy atom. The monoisotopic (exact) mass is 223 g/mol. The average molecular weight is 223 g/mol. The van der Waals surface area contributed by atoms with Crippen molar-refractivity contribution in [3.05, 3.63) is 0 Å². The predicted octanol–water partition coefficient (Wildman–Crippen LogP) is 3.79. The summed E-state index contributed by atoms with van der Waals surface area (Å²) in [4.78, 5) is 0. The van der Waals surface area contributed by atoms with E-state index in [1.807, 2.05) is 0 Å². The Morgan fingerprint density at radius 3 is 2.38 bits per heavy atom. The molecule has 0 aromatic rings. The standard InChI is InChI=1S/C14H25NO/c1-2-3-4-5-6-9-13(16)14(12-15)10-7-8-11-14/h13,16H,2-11H2,1H3. The summed E-state index contributed by atoms with van der Waals surface area (Å²) in [7, 11) is 0. The van der Waals surface area contributed by atoms with Crippen molar-refractivity contribution in [3.8, 4) is 6.07 Å². The number of aliphatic hydroxyl groups is 1. The highest BCUT2D eigenvalue weighted by molar-refractivity contribution is 5.06. The SMILES string of the molecule is CCCCCCCC(O)C1(C#N)CCCC1. The molecule has 0 amide bonds. The van der Waals surface area contributed by atoms with E-state index in [4.69, 9.17) is 0 Å². The Balaban J connectivity index is 2.23. The van der Waals surface area contributed by atoms with Gasteiger partial charge in [-0.15, -0.1) is 0 Å². The zero-order valence-corrected chi connectivity index (χ0v) is 10.5. The van der Waals surface area contributed by atoms with Crippen LogP contribution in [-0.4, -0.2) is 11.2 Å². The van der Waals surface area contributed by atoms with Crippen LogP contribution in [0.1, 0.15) is 71.1 Å². The lowest BCUT2D eigenvalue weighted by atomic mass is 9.79. The maximum Gasteiger partial charge on any atom is 0.0832 e. The summed E-state index contributed by atoms with van der Waals surface area (Å²) in [6.45, 7) is 2.21. The van der Waals surface area contributed by atoms with Gasteiger partial charge in [0.15, 0.2) is 0 Å². The molecule has 0 spiro atoms. The van der Waals surface area contributed by atoms with Crippen LogP contribution in [0.2, 0.25) is 0 Å². The van der Waals surface area contributed by atoms with Crippen molar-refractivity contribution >= 4 is 0 Å². The summed E-state index contributed by atoms with van der Waals surface area (Å²) in [6, 6.07) is 2.38. The second-order valence-electron chi connectivity index (χ2n) is 5.19. The summed E-state index contributed by atoms with van der Waals surface area (Å²) in [5.41, 5.74) is -0.398. The van der Waals surface area contributed by atoms with Gasteiger partial charge in [-0.1, -0.05) is 51.9 Å². The van der Waals surface area contributed by atoms with Crippen LogP contribution in [0.4, 0.5) is 0 Å². The molecule has 16 heavy (non-hydrogen) atoms.